The van der Waals surface area contributed by atoms with E-state index in [2.05, 4.69) is 5.32 Å². The highest BCUT2D eigenvalue weighted by Crippen LogP contribution is 2.30. The number of ether oxygens (including phenoxy) is 2. The Kier molecular flexibility index (Phi) is 5.89. The number of carbonyl (C=O) groups is 2. The van der Waals surface area contributed by atoms with E-state index >= 15 is 0 Å². The molecule has 5 heteroatoms. The van der Waals surface area contributed by atoms with Crippen LogP contribution >= 0.6 is 0 Å². The van der Waals surface area contributed by atoms with Gasteiger partial charge in [0.2, 0.25) is 5.91 Å². The van der Waals surface area contributed by atoms with E-state index in [9.17, 15) is 9.59 Å². The summed E-state index contributed by atoms with van der Waals surface area (Å²) in [5.74, 6) is 1.04. The maximum Gasteiger partial charge on any atom is 0.220 e. The van der Waals surface area contributed by atoms with Crippen LogP contribution in [0.15, 0.2) is 48.5 Å². The number of fused-ring (bicyclic) bond motifs is 1. The molecule has 0 unspecified atom stereocenters. The molecular weight excluding hydrogens is 330 g/mol. The van der Waals surface area contributed by atoms with Crippen LogP contribution in [0.1, 0.15) is 48.1 Å². The van der Waals surface area contributed by atoms with Gasteiger partial charge in [0.15, 0.2) is 17.3 Å². The van der Waals surface area contributed by atoms with Gasteiger partial charge >= 0.3 is 0 Å². The number of carbonyl (C=O) groups excluding carboxylic acids is 2. The van der Waals surface area contributed by atoms with Crippen LogP contribution in [-0.4, -0.2) is 24.9 Å². The van der Waals surface area contributed by atoms with Crippen LogP contribution in [0.5, 0.6) is 11.5 Å². The monoisotopic (exact) mass is 353 g/mol. The van der Waals surface area contributed by atoms with Crippen molar-refractivity contribution in [2.45, 2.75) is 32.2 Å². The highest BCUT2D eigenvalue weighted by Gasteiger charge is 2.16. The summed E-state index contributed by atoms with van der Waals surface area (Å²) in [5.41, 5.74) is 1.58. The molecule has 0 spiro atoms. The van der Waals surface area contributed by atoms with Crippen molar-refractivity contribution in [2.24, 2.45) is 0 Å². The molecule has 136 valence electrons. The van der Waals surface area contributed by atoms with Crippen molar-refractivity contribution in [3.05, 3.63) is 59.7 Å². The standard InChI is InChI=1S/C21H23NO4/c1-15(16-6-3-2-4-7-16)22-21(24)11-9-18(23)17-8-10-19-20(14-17)26-13-5-12-25-19/h2-4,6-8,10,14-15H,5,9,11-13H2,1H3,(H,22,24)/t15-/m0/s1. The number of rotatable bonds is 6. The van der Waals surface area contributed by atoms with E-state index in [1.54, 1.807) is 18.2 Å². The second-order valence-electron chi connectivity index (χ2n) is 6.34. The summed E-state index contributed by atoms with van der Waals surface area (Å²) in [5, 5.41) is 2.93. The number of benzene rings is 2. The van der Waals surface area contributed by atoms with Crippen LogP contribution in [0.2, 0.25) is 0 Å². The third-order valence-electron chi connectivity index (χ3n) is 4.33. The molecule has 0 saturated carbocycles. The first-order valence-corrected chi connectivity index (χ1v) is 8.90. The Bertz CT molecular complexity index is 773. The van der Waals surface area contributed by atoms with Crippen LogP contribution in [-0.2, 0) is 4.79 Å². The van der Waals surface area contributed by atoms with E-state index in [-0.39, 0.29) is 30.6 Å². The topological polar surface area (TPSA) is 64.6 Å². The van der Waals surface area contributed by atoms with E-state index in [0.717, 1.165) is 12.0 Å². The molecular formula is C21H23NO4. The Morgan fingerprint density at radius 2 is 1.73 bits per heavy atom. The van der Waals surface area contributed by atoms with Crippen molar-refractivity contribution >= 4 is 11.7 Å². The summed E-state index contributed by atoms with van der Waals surface area (Å²) in [6, 6.07) is 14.8. The highest BCUT2D eigenvalue weighted by molar-refractivity contribution is 5.98. The van der Waals surface area contributed by atoms with Gasteiger partial charge in [-0.25, -0.2) is 0 Å². The van der Waals surface area contributed by atoms with Crippen molar-refractivity contribution in [3.8, 4) is 11.5 Å². The summed E-state index contributed by atoms with van der Waals surface area (Å²) < 4.78 is 11.2. The summed E-state index contributed by atoms with van der Waals surface area (Å²) in [6.45, 7) is 3.11. The lowest BCUT2D eigenvalue weighted by molar-refractivity contribution is -0.121. The number of hydrogen-bond donors (Lipinski definition) is 1. The first-order chi connectivity index (χ1) is 12.6. The SMILES string of the molecule is C[C@H](NC(=O)CCC(=O)c1ccc2c(c1)OCCCO2)c1ccccc1. The fourth-order valence-electron chi connectivity index (χ4n) is 2.85. The largest absolute Gasteiger partial charge is 0.490 e. The minimum absolute atomic E-state index is 0.0804. The Morgan fingerprint density at radius 1 is 1.00 bits per heavy atom. The molecule has 2 aromatic rings. The normalized spacial score (nSPS) is 14.2. The number of amides is 1. The second kappa shape index (κ2) is 8.52. The molecule has 0 aliphatic carbocycles. The van der Waals surface area contributed by atoms with Crippen LogP contribution < -0.4 is 14.8 Å². The summed E-state index contributed by atoms with van der Waals surface area (Å²) in [4.78, 5) is 24.5. The molecule has 3 rings (SSSR count). The third kappa shape index (κ3) is 4.63. The number of nitrogens with one attached hydrogen (secondary N) is 1. The van der Waals surface area contributed by atoms with Crippen molar-refractivity contribution in [2.75, 3.05) is 13.2 Å². The molecule has 0 aromatic heterocycles. The molecule has 1 atom stereocenters. The lowest BCUT2D eigenvalue weighted by atomic mass is 10.0. The Morgan fingerprint density at radius 3 is 2.50 bits per heavy atom. The van der Waals surface area contributed by atoms with Gasteiger partial charge in [-0.2, -0.15) is 0 Å². The van der Waals surface area contributed by atoms with Gasteiger partial charge in [0.25, 0.3) is 0 Å². The zero-order valence-corrected chi connectivity index (χ0v) is 14.9. The van der Waals surface area contributed by atoms with E-state index in [4.69, 9.17) is 9.47 Å². The van der Waals surface area contributed by atoms with E-state index in [0.29, 0.717) is 30.3 Å². The van der Waals surface area contributed by atoms with Gasteiger partial charge < -0.3 is 14.8 Å². The molecule has 0 saturated heterocycles. The van der Waals surface area contributed by atoms with Gasteiger partial charge in [-0.3, -0.25) is 9.59 Å². The van der Waals surface area contributed by atoms with Gasteiger partial charge in [0.05, 0.1) is 19.3 Å². The Hall–Kier alpha value is -2.82. The number of Topliss-reactive ketones (excluding diaryl/α,β-unsaturated/α-hetero) is 1. The molecule has 26 heavy (non-hydrogen) atoms. The Balaban J connectivity index is 1.53. The average Bonchev–Trinajstić information content (AvgIpc) is 2.91. The molecule has 1 amide bonds. The van der Waals surface area contributed by atoms with Crippen LogP contribution in [0.4, 0.5) is 0 Å². The zero-order chi connectivity index (χ0) is 18.4. The van der Waals surface area contributed by atoms with Crippen molar-refractivity contribution < 1.29 is 19.1 Å². The van der Waals surface area contributed by atoms with Gasteiger partial charge in [-0.1, -0.05) is 30.3 Å². The fourth-order valence-corrected chi connectivity index (χ4v) is 2.85. The predicted octanol–water partition coefficient (Wildman–Crippen LogP) is 3.69. The van der Waals surface area contributed by atoms with Gasteiger partial charge in [0, 0.05) is 24.8 Å². The number of hydrogen-bond acceptors (Lipinski definition) is 4. The quantitative estimate of drug-likeness (QED) is 0.805. The maximum absolute atomic E-state index is 12.4. The molecule has 2 aromatic carbocycles. The molecule has 1 aliphatic rings. The lowest BCUT2D eigenvalue weighted by Crippen LogP contribution is -2.26. The summed E-state index contributed by atoms with van der Waals surface area (Å²) >= 11 is 0. The van der Waals surface area contributed by atoms with Crippen LogP contribution in [0.3, 0.4) is 0 Å². The molecule has 1 heterocycles. The van der Waals surface area contributed by atoms with E-state index in [1.165, 1.54) is 0 Å². The molecule has 0 fully saturated rings. The highest BCUT2D eigenvalue weighted by atomic mass is 16.5. The van der Waals surface area contributed by atoms with Crippen molar-refractivity contribution in [1.29, 1.82) is 0 Å². The molecule has 1 aliphatic heterocycles. The molecule has 5 nitrogen and oxygen atoms in total. The second-order valence-corrected chi connectivity index (χ2v) is 6.34. The van der Waals surface area contributed by atoms with Crippen LogP contribution in [0.25, 0.3) is 0 Å². The summed E-state index contributed by atoms with van der Waals surface area (Å²) in [6.07, 6.45) is 1.13. The first kappa shape index (κ1) is 18.0. The van der Waals surface area contributed by atoms with Crippen molar-refractivity contribution in [1.82, 2.24) is 5.32 Å². The van der Waals surface area contributed by atoms with Crippen molar-refractivity contribution in [3.63, 3.8) is 0 Å². The lowest BCUT2D eigenvalue weighted by Gasteiger charge is -2.14. The van der Waals surface area contributed by atoms with Gasteiger partial charge in [-0.05, 0) is 30.7 Å². The van der Waals surface area contributed by atoms with E-state index < -0.39 is 0 Å². The van der Waals surface area contributed by atoms with Gasteiger partial charge in [-0.15, -0.1) is 0 Å². The predicted molar refractivity (Wildman–Crippen MR) is 98.6 cm³/mol. The summed E-state index contributed by atoms with van der Waals surface area (Å²) in [7, 11) is 0. The zero-order valence-electron chi connectivity index (χ0n) is 14.9. The average molecular weight is 353 g/mol. The van der Waals surface area contributed by atoms with Gasteiger partial charge in [0.1, 0.15) is 0 Å². The Labute approximate surface area is 153 Å². The third-order valence-corrected chi connectivity index (χ3v) is 4.33. The van der Waals surface area contributed by atoms with E-state index in [1.807, 2.05) is 37.3 Å². The number of ketones is 1. The van der Waals surface area contributed by atoms with Crippen LogP contribution in [0, 0.1) is 0 Å². The fraction of sp³-hybridized carbons (Fsp3) is 0.333. The molecule has 1 N–H and O–H groups in total. The minimum atomic E-state index is -0.135. The minimum Gasteiger partial charge on any atom is -0.490 e. The maximum atomic E-state index is 12.4. The smallest absolute Gasteiger partial charge is 0.220 e. The first-order valence-electron chi connectivity index (χ1n) is 8.90. The molecule has 0 radical (unpaired) electrons. The molecule has 0 bridgehead atoms.